The van der Waals surface area contributed by atoms with Gasteiger partial charge in [-0.3, -0.25) is 0 Å². The van der Waals surface area contributed by atoms with Gasteiger partial charge in [-0.05, 0) is 24.1 Å². The molecule has 2 N–H and O–H groups in total. The number of hydrogen-bond donors (Lipinski definition) is 2. The molecule has 0 spiro atoms. The molecule has 0 bridgehead atoms. The van der Waals surface area contributed by atoms with Crippen molar-refractivity contribution in [1.82, 2.24) is 0 Å². The maximum Gasteiger partial charge on any atom is 0.337 e. The third kappa shape index (κ3) is 1.97. The Morgan fingerprint density at radius 1 is 1.56 bits per heavy atom. The van der Waals surface area contributed by atoms with E-state index in [-0.39, 0.29) is 5.56 Å². The number of carboxylic acid groups (broad SMARTS) is 1. The van der Waals surface area contributed by atoms with Crippen molar-refractivity contribution in [2.24, 2.45) is 0 Å². The summed E-state index contributed by atoms with van der Waals surface area (Å²) in [5.74, 6) is -1.05. The highest BCUT2D eigenvalue weighted by Gasteiger charge is 2.21. The molecule has 1 rings (SSSR count). The number of nitriles is 1. The fraction of sp³-hybridized carbons (Fsp3) is 0.273. The van der Waals surface area contributed by atoms with Crippen LogP contribution in [-0.4, -0.2) is 23.3 Å². The molecule has 0 heterocycles. The molecule has 0 radical (unpaired) electrons. The van der Waals surface area contributed by atoms with E-state index in [1.54, 1.807) is 6.92 Å². The minimum Gasteiger partial charge on any atom is -0.495 e. The molecule has 1 aromatic carbocycles. The molecule has 0 aromatic heterocycles. The van der Waals surface area contributed by atoms with E-state index in [1.807, 2.05) is 6.07 Å². The van der Waals surface area contributed by atoms with Gasteiger partial charge in [-0.15, -0.1) is 0 Å². The number of carboxylic acids is 1. The van der Waals surface area contributed by atoms with Gasteiger partial charge >= 0.3 is 5.97 Å². The van der Waals surface area contributed by atoms with E-state index < -0.39 is 12.1 Å². The van der Waals surface area contributed by atoms with Crippen molar-refractivity contribution >= 4 is 5.97 Å². The number of aliphatic hydroxyl groups is 1. The standard InChI is InChI=1S/C11H11NO4/c1-6-8(9(13)11(14)15)4-3-7(5-12)10(6)16-2/h3-4,9,13H,1-2H3,(H,14,15). The van der Waals surface area contributed by atoms with Gasteiger partial charge in [0.1, 0.15) is 11.8 Å². The van der Waals surface area contributed by atoms with Gasteiger partial charge in [0.05, 0.1) is 12.7 Å². The minimum absolute atomic E-state index is 0.225. The van der Waals surface area contributed by atoms with E-state index in [2.05, 4.69) is 0 Å². The van der Waals surface area contributed by atoms with Crippen molar-refractivity contribution in [3.8, 4) is 11.8 Å². The Hall–Kier alpha value is -2.06. The van der Waals surface area contributed by atoms with Crippen LogP contribution in [0, 0.1) is 18.3 Å². The van der Waals surface area contributed by atoms with Crippen LogP contribution in [0.4, 0.5) is 0 Å². The summed E-state index contributed by atoms with van der Waals surface area (Å²) in [6, 6.07) is 4.76. The summed E-state index contributed by atoms with van der Waals surface area (Å²) in [6.45, 7) is 1.60. The quantitative estimate of drug-likeness (QED) is 0.794. The topological polar surface area (TPSA) is 90.5 Å². The molecule has 5 nitrogen and oxygen atoms in total. The molecular formula is C11H11NO4. The van der Waals surface area contributed by atoms with Crippen LogP contribution in [0.3, 0.4) is 0 Å². The molecule has 1 unspecified atom stereocenters. The van der Waals surface area contributed by atoms with Gasteiger partial charge in [-0.2, -0.15) is 5.26 Å². The van der Waals surface area contributed by atoms with Crippen LogP contribution in [0.2, 0.25) is 0 Å². The fourth-order valence-corrected chi connectivity index (χ4v) is 1.49. The summed E-state index contributed by atoms with van der Waals surface area (Å²) in [6.07, 6.45) is -1.61. The van der Waals surface area contributed by atoms with Crippen LogP contribution in [0.15, 0.2) is 12.1 Å². The van der Waals surface area contributed by atoms with Crippen molar-refractivity contribution in [2.45, 2.75) is 13.0 Å². The molecule has 0 saturated heterocycles. The van der Waals surface area contributed by atoms with Gasteiger partial charge in [-0.1, -0.05) is 6.07 Å². The van der Waals surface area contributed by atoms with Gasteiger partial charge < -0.3 is 14.9 Å². The lowest BCUT2D eigenvalue weighted by Crippen LogP contribution is -2.12. The molecule has 84 valence electrons. The van der Waals surface area contributed by atoms with Crippen LogP contribution in [0.25, 0.3) is 0 Å². The average Bonchev–Trinajstić information content (AvgIpc) is 2.27. The molecule has 0 fully saturated rings. The zero-order chi connectivity index (χ0) is 12.3. The van der Waals surface area contributed by atoms with Crippen molar-refractivity contribution in [1.29, 1.82) is 5.26 Å². The van der Waals surface area contributed by atoms with E-state index in [1.165, 1.54) is 19.2 Å². The first kappa shape index (κ1) is 12.0. The number of benzene rings is 1. The number of aliphatic carboxylic acids is 1. The molecule has 0 aliphatic heterocycles. The van der Waals surface area contributed by atoms with Crippen molar-refractivity contribution in [2.75, 3.05) is 7.11 Å². The number of rotatable bonds is 3. The second kappa shape index (κ2) is 4.64. The molecule has 0 aliphatic rings. The Bertz CT molecular complexity index is 462. The number of carbonyl (C=O) groups is 1. The van der Waals surface area contributed by atoms with E-state index in [9.17, 15) is 9.90 Å². The molecule has 16 heavy (non-hydrogen) atoms. The Kier molecular flexibility index (Phi) is 3.48. The lowest BCUT2D eigenvalue weighted by molar-refractivity contribution is -0.147. The highest BCUT2D eigenvalue weighted by molar-refractivity contribution is 5.75. The highest BCUT2D eigenvalue weighted by atomic mass is 16.5. The summed E-state index contributed by atoms with van der Waals surface area (Å²) in [4.78, 5) is 10.7. The van der Waals surface area contributed by atoms with Gasteiger partial charge in [0, 0.05) is 0 Å². The fourth-order valence-electron chi connectivity index (χ4n) is 1.49. The van der Waals surface area contributed by atoms with Crippen LogP contribution in [-0.2, 0) is 4.79 Å². The smallest absolute Gasteiger partial charge is 0.337 e. The molecule has 0 saturated carbocycles. The van der Waals surface area contributed by atoms with Crippen LogP contribution < -0.4 is 4.74 Å². The Morgan fingerprint density at radius 3 is 2.62 bits per heavy atom. The van der Waals surface area contributed by atoms with Crippen molar-refractivity contribution < 1.29 is 19.7 Å². The third-order valence-electron chi connectivity index (χ3n) is 2.30. The summed E-state index contributed by atoms with van der Waals surface area (Å²) in [5, 5.41) is 26.9. The summed E-state index contributed by atoms with van der Waals surface area (Å²) < 4.78 is 5.01. The largest absolute Gasteiger partial charge is 0.495 e. The van der Waals surface area contributed by atoms with Gasteiger partial charge in [0.25, 0.3) is 0 Å². The number of methoxy groups -OCH3 is 1. The van der Waals surface area contributed by atoms with Crippen LogP contribution in [0.5, 0.6) is 5.75 Å². The second-order valence-corrected chi connectivity index (χ2v) is 3.21. The van der Waals surface area contributed by atoms with E-state index in [4.69, 9.17) is 15.1 Å². The molecule has 1 atom stereocenters. The monoisotopic (exact) mass is 221 g/mol. The molecule has 1 aromatic rings. The maximum absolute atomic E-state index is 10.7. The molecule has 0 aliphatic carbocycles. The predicted octanol–water partition coefficient (Wildman–Crippen LogP) is 0.993. The predicted molar refractivity (Wildman–Crippen MR) is 55.0 cm³/mol. The summed E-state index contributed by atoms with van der Waals surface area (Å²) in [5.41, 5.74) is 0.987. The summed E-state index contributed by atoms with van der Waals surface area (Å²) in [7, 11) is 1.39. The molecular weight excluding hydrogens is 210 g/mol. The van der Waals surface area contributed by atoms with Gasteiger partial charge in [-0.25, -0.2) is 4.79 Å². The van der Waals surface area contributed by atoms with E-state index in [0.29, 0.717) is 16.9 Å². The molecule has 5 heteroatoms. The normalized spacial score (nSPS) is 11.6. The SMILES string of the molecule is COc1c(C#N)ccc(C(O)C(=O)O)c1C. The van der Waals surface area contributed by atoms with Crippen LogP contribution >= 0.6 is 0 Å². The number of aliphatic hydroxyl groups excluding tert-OH is 1. The number of nitrogens with zero attached hydrogens (tertiary/aromatic N) is 1. The van der Waals surface area contributed by atoms with Gasteiger partial charge in [0.15, 0.2) is 6.10 Å². The second-order valence-electron chi connectivity index (χ2n) is 3.21. The van der Waals surface area contributed by atoms with Crippen molar-refractivity contribution in [3.63, 3.8) is 0 Å². The Labute approximate surface area is 92.5 Å². The zero-order valence-corrected chi connectivity index (χ0v) is 8.89. The maximum atomic E-state index is 10.7. The lowest BCUT2D eigenvalue weighted by Gasteiger charge is -2.13. The Balaban J connectivity index is 3.36. The Morgan fingerprint density at radius 2 is 2.19 bits per heavy atom. The summed E-state index contributed by atoms with van der Waals surface area (Å²) >= 11 is 0. The average molecular weight is 221 g/mol. The number of ether oxygens (including phenoxy) is 1. The lowest BCUT2D eigenvalue weighted by atomic mass is 9.99. The first-order chi connectivity index (χ1) is 7.52. The first-order valence-corrected chi connectivity index (χ1v) is 4.51. The third-order valence-corrected chi connectivity index (χ3v) is 2.30. The van der Waals surface area contributed by atoms with E-state index >= 15 is 0 Å². The number of hydrogen-bond acceptors (Lipinski definition) is 4. The molecule has 0 amide bonds. The zero-order valence-electron chi connectivity index (χ0n) is 8.89. The minimum atomic E-state index is -1.61. The van der Waals surface area contributed by atoms with Gasteiger partial charge in [0.2, 0.25) is 0 Å². The van der Waals surface area contributed by atoms with E-state index in [0.717, 1.165) is 0 Å². The highest BCUT2D eigenvalue weighted by Crippen LogP contribution is 2.29. The van der Waals surface area contributed by atoms with Crippen LogP contribution in [0.1, 0.15) is 22.8 Å². The van der Waals surface area contributed by atoms with Crippen molar-refractivity contribution in [3.05, 3.63) is 28.8 Å². The first-order valence-electron chi connectivity index (χ1n) is 4.51.